The Kier molecular flexibility index (Phi) is 8.68. The van der Waals surface area contributed by atoms with Crippen molar-refractivity contribution in [2.75, 3.05) is 54.4 Å². The van der Waals surface area contributed by atoms with Crippen LogP contribution in [0.4, 0.5) is 43.9 Å². The van der Waals surface area contributed by atoms with Crippen LogP contribution in [0.2, 0.25) is 0 Å². The van der Waals surface area contributed by atoms with E-state index in [2.05, 4.69) is 15.2 Å². The van der Waals surface area contributed by atoms with Gasteiger partial charge in [-0.3, -0.25) is 4.79 Å². The van der Waals surface area contributed by atoms with E-state index in [0.717, 1.165) is 11.4 Å². The number of hydrogen-bond acceptors (Lipinski definition) is 7. The van der Waals surface area contributed by atoms with Crippen molar-refractivity contribution < 1.29 is 31.1 Å². The highest BCUT2D eigenvalue weighted by Crippen LogP contribution is 2.38. The lowest BCUT2D eigenvalue weighted by Gasteiger charge is -2.36. The van der Waals surface area contributed by atoms with Crippen molar-refractivity contribution in [1.82, 2.24) is 19.9 Å². The zero-order valence-corrected chi connectivity index (χ0v) is 25.4. The Morgan fingerprint density at radius 1 is 0.809 bits per heavy atom. The number of anilines is 3. The van der Waals surface area contributed by atoms with Gasteiger partial charge in [0, 0.05) is 57.6 Å². The zero-order chi connectivity index (χ0) is 33.3. The molecule has 2 aliphatic rings. The number of carbonyl (C=O) groups excluding carboxylic acids is 1. The number of aryl methyl sites for hydroxylation is 1. The van der Waals surface area contributed by atoms with Gasteiger partial charge in [-0.1, -0.05) is 30.3 Å². The summed E-state index contributed by atoms with van der Waals surface area (Å²) in [4.78, 5) is 33.8. The van der Waals surface area contributed by atoms with Gasteiger partial charge in [0.25, 0.3) is 5.91 Å². The van der Waals surface area contributed by atoms with Crippen LogP contribution in [-0.4, -0.2) is 65.0 Å². The van der Waals surface area contributed by atoms with Gasteiger partial charge in [0.1, 0.15) is 17.2 Å². The van der Waals surface area contributed by atoms with Gasteiger partial charge < -0.3 is 20.0 Å². The molecule has 1 N–H and O–H groups in total. The molecule has 0 bridgehead atoms. The maximum absolute atomic E-state index is 14.3. The smallest absolute Gasteiger partial charge is 0.369 e. The lowest BCUT2D eigenvalue weighted by molar-refractivity contribution is -0.143. The number of rotatable bonds is 5. The summed E-state index contributed by atoms with van der Waals surface area (Å²) in [6, 6.07) is 14.5. The highest BCUT2D eigenvalue weighted by Gasteiger charge is 2.38. The molecule has 0 atom stereocenters. The fourth-order valence-corrected chi connectivity index (χ4v) is 5.85. The highest BCUT2D eigenvalue weighted by molar-refractivity contribution is 6.05. The molecule has 0 saturated carbocycles. The average Bonchev–Trinajstić information content (AvgIpc) is 3.04. The summed E-state index contributed by atoms with van der Waals surface area (Å²) >= 11 is 0. The molecule has 4 heterocycles. The Morgan fingerprint density at radius 2 is 1.47 bits per heavy atom. The van der Waals surface area contributed by atoms with Gasteiger partial charge in [-0.05, 0) is 54.8 Å². The maximum Gasteiger partial charge on any atom is 0.416 e. The van der Waals surface area contributed by atoms with Gasteiger partial charge >= 0.3 is 12.4 Å². The summed E-state index contributed by atoms with van der Waals surface area (Å²) < 4.78 is 81.6. The van der Waals surface area contributed by atoms with Crippen LogP contribution in [-0.2, 0) is 18.9 Å². The summed E-state index contributed by atoms with van der Waals surface area (Å²) in [7, 11) is 0. The van der Waals surface area contributed by atoms with Crippen molar-refractivity contribution in [3.63, 3.8) is 0 Å². The van der Waals surface area contributed by atoms with E-state index in [1.807, 2.05) is 54.3 Å². The topological polar surface area (TPSA) is 77.5 Å². The van der Waals surface area contributed by atoms with E-state index in [0.29, 0.717) is 68.5 Å². The fraction of sp³-hybridized carbons (Fsp3) is 0.333. The van der Waals surface area contributed by atoms with Crippen molar-refractivity contribution in [2.45, 2.75) is 32.2 Å². The summed E-state index contributed by atoms with van der Waals surface area (Å²) in [6.07, 6.45) is -7.88. The lowest BCUT2D eigenvalue weighted by atomic mass is 9.99. The Hall–Kier alpha value is -4.88. The Labute approximate surface area is 267 Å². The van der Waals surface area contributed by atoms with E-state index in [4.69, 9.17) is 9.97 Å². The molecule has 2 aliphatic heterocycles. The first-order chi connectivity index (χ1) is 22.4. The van der Waals surface area contributed by atoms with E-state index in [-0.39, 0.29) is 29.6 Å². The number of aromatic nitrogens is 3. The van der Waals surface area contributed by atoms with E-state index in [1.165, 1.54) is 4.90 Å². The first kappa shape index (κ1) is 32.1. The SMILES string of the molecule is Cc1ccccc1-c1nc(N2CCN(c3ccccn3)CC2)nc2c1C(=O)N(Cc1cc(C(F)(F)F)cc(C(F)(F)F)c1)CCCN2. The molecule has 1 fully saturated rings. The first-order valence-corrected chi connectivity index (χ1v) is 15.1. The van der Waals surface area contributed by atoms with Crippen molar-refractivity contribution >= 4 is 23.5 Å². The van der Waals surface area contributed by atoms with Gasteiger partial charge in [-0.2, -0.15) is 31.3 Å². The molecule has 47 heavy (non-hydrogen) atoms. The molecule has 14 heteroatoms. The summed E-state index contributed by atoms with van der Waals surface area (Å²) in [6.45, 7) is 4.35. The minimum atomic E-state index is -5.00. The standard InChI is InChI=1S/C33H31F6N7O/c1-21-7-2-3-8-25(21)28-27-29(43-31(42-28)45-15-13-44(14-16-45)26-9-4-5-10-40-26)41-11-6-12-46(30(27)47)20-22-17-23(32(34,35)36)19-24(18-22)33(37,38)39/h2-5,7-10,17-19H,6,11-16,20H2,1H3,(H,41,42,43). The van der Waals surface area contributed by atoms with Crippen molar-refractivity contribution in [3.8, 4) is 11.3 Å². The van der Waals surface area contributed by atoms with Gasteiger partial charge in [-0.15, -0.1) is 0 Å². The monoisotopic (exact) mass is 655 g/mol. The number of pyridine rings is 1. The Balaban J connectivity index is 1.38. The van der Waals surface area contributed by atoms with Crippen molar-refractivity contribution in [2.24, 2.45) is 0 Å². The number of hydrogen-bond donors (Lipinski definition) is 1. The molecule has 8 nitrogen and oxygen atoms in total. The van der Waals surface area contributed by atoms with E-state index in [1.54, 1.807) is 6.20 Å². The molecular weight excluding hydrogens is 624 g/mol. The van der Waals surface area contributed by atoms with Gasteiger partial charge in [0.2, 0.25) is 5.95 Å². The largest absolute Gasteiger partial charge is 0.416 e. The molecule has 0 radical (unpaired) electrons. The number of alkyl halides is 6. The van der Waals surface area contributed by atoms with Crippen LogP contribution >= 0.6 is 0 Å². The van der Waals surface area contributed by atoms with Crippen LogP contribution in [0.1, 0.15) is 39.0 Å². The molecule has 2 aromatic heterocycles. The van der Waals surface area contributed by atoms with Gasteiger partial charge in [0.15, 0.2) is 0 Å². The Morgan fingerprint density at radius 3 is 2.11 bits per heavy atom. The number of nitrogens with one attached hydrogen (secondary N) is 1. The molecule has 4 aromatic rings. The molecular formula is C33H31F6N7O. The second-order valence-electron chi connectivity index (χ2n) is 11.5. The predicted molar refractivity (Wildman–Crippen MR) is 165 cm³/mol. The third kappa shape index (κ3) is 6.96. The third-order valence-electron chi connectivity index (χ3n) is 8.25. The van der Waals surface area contributed by atoms with E-state index in [9.17, 15) is 31.1 Å². The van der Waals surface area contributed by atoms with Crippen LogP contribution in [0.5, 0.6) is 0 Å². The molecule has 6 rings (SSSR count). The molecule has 0 aliphatic carbocycles. The van der Waals surface area contributed by atoms with Crippen molar-refractivity contribution in [1.29, 1.82) is 0 Å². The molecule has 1 amide bonds. The molecule has 0 unspecified atom stereocenters. The number of benzene rings is 2. The minimum absolute atomic E-state index is 0.0832. The summed E-state index contributed by atoms with van der Waals surface area (Å²) in [5.41, 5.74) is -1.21. The van der Waals surface area contributed by atoms with Crippen LogP contribution in [0.3, 0.4) is 0 Å². The lowest BCUT2D eigenvalue weighted by Crippen LogP contribution is -2.47. The van der Waals surface area contributed by atoms with Crippen molar-refractivity contribution in [3.05, 3.63) is 94.7 Å². The van der Waals surface area contributed by atoms with Gasteiger partial charge in [-0.25, -0.2) is 9.97 Å². The molecule has 2 aromatic carbocycles. The van der Waals surface area contributed by atoms with Gasteiger partial charge in [0.05, 0.1) is 16.8 Å². The average molecular weight is 656 g/mol. The number of carbonyl (C=O) groups is 1. The number of nitrogens with zero attached hydrogens (tertiary/aromatic N) is 6. The van der Waals surface area contributed by atoms with Crippen LogP contribution < -0.4 is 15.1 Å². The normalized spacial score (nSPS) is 16.0. The number of amides is 1. The minimum Gasteiger partial charge on any atom is -0.369 e. The third-order valence-corrected chi connectivity index (χ3v) is 8.25. The van der Waals surface area contributed by atoms with E-state index >= 15 is 0 Å². The number of fused-ring (bicyclic) bond motifs is 1. The highest BCUT2D eigenvalue weighted by atomic mass is 19.4. The zero-order valence-electron chi connectivity index (χ0n) is 25.4. The molecule has 0 spiro atoms. The van der Waals surface area contributed by atoms with Crippen LogP contribution in [0.25, 0.3) is 11.3 Å². The maximum atomic E-state index is 14.3. The van der Waals surface area contributed by atoms with E-state index < -0.39 is 35.9 Å². The Bertz CT molecular complexity index is 1720. The second-order valence-corrected chi connectivity index (χ2v) is 11.5. The fourth-order valence-electron chi connectivity index (χ4n) is 5.85. The van der Waals surface area contributed by atoms with Crippen LogP contribution in [0.15, 0.2) is 66.9 Å². The first-order valence-electron chi connectivity index (χ1n) is 15.1. The second kappa shape index (κ2) is 12.7. The summed E-state index contributed by atoms with van der Waals surface area (Å²) in [5.74, 6) is 0.934. The molecule has 246 valence electrons. The quantitative estimate of drug-likeness (QED) is 0.241. The summed E-state index contributed by atoms with van der Waals surface area (Å²) in [5, 5.41) is 3.24. The van der Waals surface area contributed by atoms with Crippen LogP contribution in [0, 0.1) is 6.92 Å². The predicted octanol–water partition coefficient (Wildman–Crippen LogP) is 6.67. The number of piperazine rings is 1. The molecule has 1 saturated heterocycles. The number of halogens is 6.